The summed E-state index contributed by atoms with van der Waals surface area (Å²) >= 11 is 0. The molecule has 0 aliphatic heterocycles. The van der Waals surface area contributed by atoms with Crippen LogP contribution in [0.15, 0.2) is 48.5 Å². The van der Waals surface area contributed by atoms with Gasteiger partial charge in [0.15, 0.2) is 0 Å². The summed E-state index contributed by atoms with van der Waals surface area (Å²) in [6.45, 7) is 6.09. The van der Waals surface area contributed by atoms with Crippen LogP contribution in [0.1, 0.15) is 34.1 Å². The molecule has 106 valence electrons. The zero-order chi connectivity index (χ0) is 15.0. The van der Waals surface area contributed by atoms with Gasteiger partial charge in [0.25, 0.3) is 0 Å². The molecule has 0 saturated heterocycles. The molecule has 0 radical (unpaired) electrons. The predicted octanol–water partition coefficient (Wildman–Crippen LogP) is 4.24. The number of pyridine rings is 1. The molecule has 1 aromatic heterocycles. The molecule has 2 heteroatoms. The van der Waals surface area contributed by atoms with E-state index in [9.17, 15) is 5.11 Å². The minimum absolute atomic E-state index is 0.601. The lowest BCUT2D eigenvalue weighted by molar-refractivity contribution is 0.219. The van der Waals surface area contributed by atoms with Gasteiger partial charge >= 0.3 is 0 Å². The molecule has 1 atom stereocenters. The van der Waals surface area contributed by atoms with Crippen LogP contribution in [0.2, 0.25) is 0 Å². The lowest BCUT2D eigenvalue weighted by Crippen LogP contribution is -2.02. The van der Waals surface area contributed by atoms with Gasteiger partial charge in [0, 0.05) is 11.1 Å². The number of aryl methyl sites for hydroxylation is 3. The summed E-state index contributed by atoms with van der Waals surface area (Å²) in [7, 11) is 0. The molecule has 0 aliphatic rings. The number of aliphatic hydroxyl groups excluding tert-OH is 1. The molecule has 1 N–H and O–H groups in total. The Bertz CT molecular complexity index is 808. The van der Waals surface area contributed by atoms with Gasteiger partial charge in [0.2, 0.25) is 0 Å². The van der Waals surface area contributed by atoms with E-state index in [4.69, 9.17) is 0 Å². The van der Waals surface area contributed by atoms with Gasteiger partial charge in [-0.25, -0.2) is 0 Å². The van der Waals surface area contributed by atoms with Crippen LogP contribution in [-0.4, -0.2) is 10.1 Å². The number of aromatic nitrogens is 1. The van der Waals surface area contributed by atoms with Gasteiger partial charge in [0.1, 0.15) is 6.10 Å². The van der Waals surface area contributed by atoms with E-state index in [-0.39, 0.29) is 0 Å². The van der Waals surface area contributed by atoms with Gasteiger partial charge in [-0.15, -0.1) is 0 Å². The Balaban J connectivity index is 2.04. The summed E-state index contributed by atoms with van der Waals surface area (Å²) in [5.41, 5.74) is 6.16. The van der Waals surface area contributed by atoms with Crippen LogP contribution in [-0.2, 0) is 0 Å². The zero-order valence-electron chi connectivity index (χ0n) is 12.6. The first-order valence-electron chi connectivity index (χ1n) is 7.17. The third-order valence-corrected chi connectivity index (χ3v) is 3.89. The standard InChI is InChI=1S/C19H19NO/c1-12-4-8-17(13(2)10-12)19(21)16-7-9-18-15(11-16)6-5-14(3)20-18/h4-11,19,21H,1-3H3. The average Bonchev–Trinajstić information content (AvgIpc) is 2.46. The number of rotatable bonds is 2. The molecule has 0 aliphatic carbocycles. The van der Waals surface area contributed by atoms with Crippen molar-refractivity contribution in [3.63, 3.8) is 0 Å². The van der Waals surface area contributed by atoms with Crippen LogP contribution in [0.25, 0.3) is 10.9 Å². The molecule has 2 nitrogen and oxygen atoms in total. The van der Waals surface area contributed by atoms with E-state index in [1.54, 1.807) is 0 Å². The quantitative estimate of drug-likeness (QED) is 0.760. The maximum atomic E-state index is 10.7. The molecule has 1 unspecified atom stereocenters. The van der Waals surface area contributed by atoms with Crippen molar-refractivity contribution in [2.45, 2.75) is 26.9 Å². The number of nitrogens with zero attached hydrogens (tertiary/aromatic N) is 1. The molecule has 1 heterocycles. The van der Waals surface area contributed by atoms with Gasteiger partial charge in [0.05, 0.1) is 5.52 Å². The third-order valence-electron chi connectivity index (χ3n) is 3.89. The molecule has 0 spiro atoms. The highest BCUT2D eigenvalue weighted by atomic mass is 16.3. The van der Waals surface area contributed by atoms with Gasteiger partial charge in [-0.3, -0.25) is 4.98 Å². The van der Waals surface area contributed by atoms with Crippen LogP contribution in [0.5, 0.6) is 0 Å². The summed E-state index contributed by atoms with van der Waals surface area (Å²) in [5.74, 6) is 0. The Hall–Kier alpha value is -2.19. The fraction of sp³-hybridized carbons (Fsp3) is 0.211. The smallest absolute Gasteiger partial charge is 0.104 e. The maximum absolute atomic E-state index is 10.7. The Morgan fingerprint density at radius 2 is 1.71 bits per heavy atom. The van der Waals surface area contributed by atoms with Gasteiger partial charge in [-0.1, -0.05) is 35.9 Å². The molecule has 0 saturated carbocycles. The highest BCUT2D eigenvalue weighted by Crippen LogP contribution is 2.27. The number of hydrogen-bond acceptors (Lipinski definition) is 2. The van der Waals surface area contributed by atoms with Gasteiger partial charge in [-0.2, -0.15) is 0 Å². The van der Waals surface area contributed by atoms with Gasteiger partial charge in [-0.05, 0) is 55.7 Å². The lowest BCUT2D eigenvalue weighted by Gasteiger charge is -2.15. The van der Waals surface area contributed by atoms with Crippen molar-refractivity contribution < 1.29 is 5.11 Å². The summed E-state index contributed by atoms with van der Waals surface area (Å²) in [4.78, 5) is 4.50. The highest BCUT2D eigenvalue weighted by Gasteiger charge is 2.13. The van der Waals surface area contributed by atoms with E-state index in [0.29, 0.717) is 0 Å². The van der Waals surface area contributed by atoms with Crippen LogP contribution in [0, 0.1) is 20.8 Å². The molecule has 0 amide bonds. The molecule has 3 rings (SSSR count). The minimum Gasteiger partial charge on any atom is -0.384 e. The van der Waals surface area contributed by atoms with Crippen LogP contribution < -0.4 is 0 Å². The van der Waals surface area contributed by atoms with E-state index in [2.05, 4.69) is 24.0 Å². The number of aliphatic hydroxyl groups is 1. The topological polar surface area (TPSA) is 33.1 Å². The van der Waals surface area contributed by atoms with E-state index in [1.807, 2.05) is 50.2 Å². The minimum atomic E-state index is -0.601. The van der Waals surface area contributed by atoms with E-state index in [1.165, 1.54) is 5.56 Å². The second-order valence-electron chi connectivity index (χ2n) is 5.67. The fourth-order valence-corrected chi connectivity index (χ4v) is 2.73. The van der Waals surface area contributed by atoms with Crippen molar-refractivity contribution in [1.29, 1.82) is 0 Å². The van der Waals surface area contributed by atoms with E-state index < -0.39 is 6.10 Å². The van der Waals surface area contributed by atoms with Gasteiger partial charge < -0.3 is 5.11 Å². The average molecular weight is 277 g/mol. The van der Waals surface area contributed by atoms with Crippen molar-refractivity contribution >= 4 is 10.9 Å². The van der Waals surface area contributed by atoms with Crippen molar-refractivity contribution in [1.82, 2.24) is 4.98 Å². The van der Waals surface area contributed by atoms with Crippen molar-refractivity contribution in [3.05, 3.63) is 76.5 Å². The maximum Gasteiger partial charge on any atom is 0.104 e. The predicted molar refractivity (Wildman–Crippen MR) is 86.5 cm³/mol. The van der Waals surface area contributed by atoms with Crippen LogP contribution >= 0.6 is 0 Å². The van der Waals surface area contributed by atoms with E-state index in [0.717, 1.165) is 33.3 Å². The third kappa shape index (κ3) is 2.67. The molecule has 2 aromatic carbocycles. The Morgan fingerprint density at radius 1 is 0.905 bits per heavy atom. The monoisotopic (exact) mass is 277 g/mol. The zero-order valence-corrected chi connectivity index (χ0v) is 12.6. The summed E-state index contributed by atoms with van der Waals surface area (Å²) in [5, 5.41) is 11.7. The molecule has 0 bridgehead atoms. The van der Waals surface area contributed by atoms with Crippen molar-refractivity contribution in [2.24, 2.45) is 0 Å². The number of benzene rings is 2. The largest absolute Gasteiger partial charge is 0.384 e. The fourth-order valence-electron chi connectivity index (χ4n) is 2.73. The van der Waals surface area contributed by atoms with Crippen molar-refractivity contribution in [3.8, 4) is 0 Å². The molecule has 3 aromatic rings. The van der Waals surface area contributed by atoms with Crippen molar-refractivity contribution in [2.75, 3.05) is 0 Å². The first-order chi connectivity index (χ1) is 10.0. The number of hydrogen-bond donors (Lipinski definition) is 1. The van der Waals surface area contributed by atoms with Crippen LogP contribution in [0.4, 0.5) is 0 Å². The summed E-state index contributed by atoms with van der Waals surface area (Å²) in [6, 6.07) is 16.1. The normalized spacial score (nSPS) is 12.6. The summed E-state index contributed by atoms with van der Waals surface area (Å²) < 4.78 is 0. The molecular formula is C19H19NO. The SMILES string of the molecule is Cc1ccc(C(O)c2ccc3nc(C)ccc3c2)c(C)c1. The Morgan fingerprint density at radius 3 is 2.48 bits per heavy atom. The first-order valence-corrected chi connectivity index (χ1v) is 7.17. The number of fused-ring (bicyclic) bond motifs is 1. The Kier molecular flexibility index (Phi) is 3.48. The second-order valence-corrected chi connectivity index (χ2v) is 5.67. The lowest BCUT2D eigenvalue weighted by atomic mass is 9.95. The van der Waals surface area contributed by atoms with E-state index >= 15 is 0 Å². The molecular weight excluding hydrogens is 258 g/mol. The van der Waals surface area contributed by atoms with Crippen LogP contribution in [0.3, 0.4) is 0 Å². The Labute approximate surface area is 125 Å². The second kappa shape index (κ2) is 5.30. The highest BCUT2D eigenvalue weighted by molar-refractivity contribution is 5.79. The summed E-state index contributed by atoms with van der Waals surface area (Å²) in [6.07, 6.45) is -0.601. The molecule has 0 fully saturated rings. The first kappa shape index (κ1) is 13.8. The molecule has 21 heavy (non-hydrogen) atoms.